The van der Waals surface area contributed by atoms with Crippen LogP contribution in [0.1, 0.15) is 32.1 Å². The third kappa shape index (κ3) is 11.8. The summed E-state index contributed by atoms with van der Waals surface area (Å²) in [6, 6.07) is -3.87. The van der Waals surface area contributed by atoms with E-state index in [2.05, 4.69) is 15.6 Å². The van der Waals surface area contributed by atoms with Crippen LogP contribution in [0.4, 0.5) is 0 Å². The van der Waals surface area contributed by atoms with Crippen LogP contribution in [0.3, 0.4) is 0 Å². The van der Waals surface area contributed by atoms with E-state index in [0.29, 0.717) is 0 Å². The molecule has 0 rings (SSSR count). The molecule has 0 aromatic heterocycles. The lowest BCUT2D eigenvalue weighted by Crippen LogP contribution is -2.55. The van der Waals surface area contributed by atoms with Gasteiger partial charge in [0.1, 0.15) is 12.1 Å². The first-order chi connectivity index (χ1) is 13.4. The highest BCUT2D eigenvalue weighted by molar-refractivity contribution is 5.93. The van der Waals surface area contributed by atoms with Crippen molar-refractivity contribution in [2.45, 2.75) is 50.2 Å². The predicted octanol–water partition coefficient (Wildman–Crippen LogP) is -4.44. The van der Waals surface area contributed by atoms with Gasteiger partial charge < -0.3 is 44.4 Å². The van der Waals surface area contributed by atoms with Gasteiger partial charge in [-0.25, -0.2) is 4.79 Å². The van der Waals surface area contributed by atoms with E-state index in [4.69, 9.17) is 33.8 Å². The highest BCUT2D eigenvalue weighted by Crippen LogP contribution is 2.03. The van der Waals surface area contributed by atoms with E-state index in [-0.39, 0.29) is 38.2 Å². The summed E-state index contributed by atoms with van der Waals surface area (Å²) in [7, 11) is 0. The minimum Gasteiger partial charge on any atom is -0.480 e. The largest absolute Gasteiger partial charge is 0.480 e. The lowest BCUT2D eigenvalue weighted by Gasteiger charge is -2.22. The fraction of sp³-hybridized carbons (Fsp3) is 0.600. The van der Waals surface area contributed by atoms with Crippen molar-refractivity contribution in [3.63, 3.8) is 0 Å². The number of nitrogens with one attached hydrogen (secondary N) is 2. The van der Waals surface area contributed by atoms with E-state index in [1.807, 2.05) is 0 Å². The minimum atomic E-state index is -1.57. The summed E-state index contributed by atoms with van der Waals surface area (Å²) < 4.78 is 0. The highest BCUT2D eigenvalue weighted by atomic mass is 16.4. The highest BCUT2D eigenvalue weighted by Gasteiger charge is 2.28. The van der Waals surface area contributed by atoms with Crippen LogP contribution >= 0.6 is 0 Å². The molecule has 0 fully saturated rings. The Balaban J connectivity index is 5.14. The maximum absolute atomic E-state index is 12.5. The average Bonchev–Trinajstić information content (AvgIpc) is 2.60. The summed E-state index contributed by atoms with van der Waals surface area (Å²) in [5.41, 5.74) is 26.1. The molecule has 0 saturated heterocycles. The maximum atomic E-state index is 12.5. The molecular weight excluding hydrogens is 388 g/mol. The van der Waals surface area contributed by atoms with Gasteiger partial charge in [-0.1, -0.05) is 0 Å². The van der Waals surface area contributed by atoms with Crippen LogP contribution in [0.15, 0.2) is 4.99 Å². The molecule has 4 amide bonds. The Hall–Kier alpha value is -3.42. The number of aliphatic carboxylic acids is 1. The second-order valence-corrected chi connectivity index (χ2v) is 6.19. The number of carbonyl (C=O) groups excluding carboxylic acids is 4. The topological polar surface area (TPSA) is 272 Å². The normalized spacial score (nSPS) is 13.4. The molecule has 0 aromatic carbocycles. The van der Waals surface area contributed by atoms with Crippen LogP contribution in [0.25, 0.3) is 0 Å². The molecule has 0 aliphatic heterocycles. The zero-order valence-corrected chi connectivity index (χ0v) is 15.8. The monoisotopic (exact) mass is 416 g/mol. The number of nitrogens with two attached hydrogens (primary N) is 5. The van der Waals surface area contributed by atoms with E-state index >= 15 is 0 Å². The molecule has 0 aliphatic carbocycles. The summed E-state index contributed by atoms with van der Waals surface area (Å²) in [5.74, 6) is -4.80. The number of aliphatic imine (C=N–C) groups is 1. The first kappa shape index (κ1) is 25.6. The smallest absolute Gasteiger partial charge is 0.326 e. The fourth-order valence-electron chi connectivity index (χ4n) is 2.15. The molecular formula is C15H28N8O6. The van der Waals surface area contributed by atoms with Gasteiger partial charge in [0.15, 0.2) is 5.96 Å². The lowest BCUT2D eigenvalue weighted by atomic mass is 10.1. The number of primary amides is 2. The van der Waals surface area contributed by atoms with Crippen molar-refractivity contribution in [1.29, 1.82) is 0 Å². The Labute approximate surface area is 166 Å². The third-order valence-electron chi connectivity index (χ3n) is 3.64. The summed E-state index contributed by atoms with van der Waals surface area (Å²) >= 11 is 0. The number of rotatable bonds is 14. The number of carboxylic acids is 1. The predicted molar refractivity (Wildman–Crippen MR) is 102 cm³/mol. The van der Waals surface area contributed by atoms with E-state index < -0.39 is 54.1 Å². The van der Waals surface area contributed by atoms with Gasteiger partial charge in [-0.3, -0.25) is 24.2 Å². The van der Waals surface area contributed by atoms with Gasteiger partial charge in [-0.15, -0.1) is 0 Å². The molecule has 0 radical (unpaired) electrons. The van der Waals surface area contributed by atoms with E-state index in [1.165, 1.54) is 0 Å². The molecule has 29 heavy (non-hydrogen) atoms. The molecule has 0 aliphatic rings. The molecule has 0 unspecified atom stereocenters. The zero-order valence-electron chi connectivity index (χ0n) is 15.8. The van der Waals surface area contributed by atoms with Crippen molar-refractivity contribution in [3.8, 4) is 0 Å². The first-order valence-electron chi connectivity index (χ1n) is 8.65. The third-order valence-corrected chi connectivity index (χ3v) is 3.64. The van der Waals surface area contributed by atoms with Gasteiger partial charge >= 0.3 is 5.97 Å². The molecule has 0 heterocycles. The lowest BCUT2D eigenvalue weighted by molar-refractivity contribution is -0.143. The van der Waals surface area contributed by atoms with Crippen LogP contribution in [-0.2, 0) is 24.0 Å². The summed E-state index contributed by atoms with van der Waals surface area (Å²) in [6.07, 6.45) is -0.493. The maximum Gasteiger partial charge on any atom is 0.326 e. The zero-order chi connectivity index (χ0) is 22.6. The van der Waals surface area contributed by atoms with Crippen molar-refractivity contribution in [2.24, 2.45) is 33.7 Å². The molecule has 0 saturated carbocycles. The summed E-state index contributed by atoms with van der Waals surface area (Å²) in [5, 5.41) is 13.6. The quantitative estimate of drug-likeness (QED) is 0.0769. The number of amides is 4. The molecule has 164 valence electrons. The second kappa shape index (κ2) is 12.9. The van der Waals surface area contributed by atoms with Crippen molar-refractivity contribution in [3.05, 3.63) is 0 Å². The SMILES string of the molecule is NC(=O)CC[C@H](N)C(=O)N[C@@H](CCCN=C(N)N)C(=O)N[C@@H](CC(N)=O)C(=O)O. The van der Waals surface area contributed by atoms with Gasteiger partial charge in [0.05, 0.1) is 12.5 Å². The van der Waals surface area contributed by atoms with Gasteiger partial charge in [-0.05, 0) is 19.3 Å². The van der Waals surface area contributed by atoms with Crippen molar-refractivity contribution < 1.29 is 29.1 Å². The van der Waals surface area contributed by atoms with Crippen molar-refractivity contribution >= 4 is 35.6 Å². The molecule has 0 aromatic rings. The molecule has 0 spiro atoms. The average molecular weight is 416 g/mol. The van der Waals surface area contributed by atoms with Crippen molar-refractivity contribution in [1.82, 2.24) is 10.6 Å². The van der Waals surface area contributed by atoms with Crippen molar-refractivity contribution in [2.75, 3.05) is 6.54 Å². The standard InChI is InChI=1S/C15H28N8O6/c16-7(3-4-10(17)24)12(26)22-8(2-1-5-21-15(19)20)13(27)23-9(14(28)29)6-11(18)25/h7-9H,1-6,16H2,(H2,17,24)(H2,18,25)(H,22,26)(H,23,27)(H,28,29)(H4,19,20,21)/t7-,8-,9-/m0/s1. The summed E-state index contributed by atoms with van der Waals surface area (Å²) in [4.78, 5) is 61.3. The number of hydrogen-bond donors (Lipinski definition) is 8. The van der Waals surface area contributed by atoms with E-state index in [0.717, 1.165) is 0 Å². The Kier molecular flexibility index (Phi) is 11.4. The Morgan fingerprint density at radius 3 is 1.93 bits per heavy atom. The van der Waals surface area contributed by atoms with Gasteiger partial charge in [0.25, 0.3) is 0 Å². The van der Waals surface area contributed by atoms with Crippen LogP contribution < -0.4 is 39.3 Å². The second-order valence-electron chi connectivity index (χ2n) is 6.19. The molecule has 14 nitrogen and oxygen atoms in total. The number of carbonyl (C=O) groups is 5. The fourth-order valence-corrected chi connectivity index (χ4v) is 2.15. The van der Waals surface area contributed by atoms with Gasteiger partial charge in [-0.2, -0.15) is 0 Å². The van der Waals surface area contributed by atoms with Crippen LogP contribution in [0.2, 0.25) is 0 Å². The van der Waals surface area contributed by atoms with Crippen LogP contribution in [-0.4, -0.2) is 65.3 Å². The van der Waals surface area contributed by atoms with Crippen LogP contribution in [0, 0.1) is 0 Å². The van der Waals surface area contributed by atoms with Gasteiger partial charge in [0.2, 0.25) is 23.6 Å². The molecule has 13 N–H and O–H groups in total. The Morgan fingerprint density at radius 1 is 0.862 bits per heavy atom. The summed E-state index contributed by atoms with van der Waals surface area (Å²) in [6.45, 7) is 0.152. The number of nitrogens with zero attached hydrogens (tertiary/aromatic N) is 1. The first-order valence-corrected chi connectivity index (χ1v) is 8.65. The van der Waals surface area contributed by atoms with E-state index in [1.54, 1.807) is 0 Å². The molecule has 0 bridgehead atoms. The Morgan fingerprint density at radius 2 is 1.45 bits per heavy atom. The minimum absolute atomic E-state index is 0.0388. The number of guanidine groups is 1. The van der Waals surface area contributed by atoms with E-state index in [9.17, 15) is 24.0 Å². The van der Waals surface area contributed by atoms with Crippen LogP contribution in [0.5, 0.6) is 0 Å². The number of carboxylic acid groups (broad SMARTS) is 1. The molecule has 14 heteroatoms. The van der Waals surface area contributed by atoms with Gasteiger partial charge in [0, 0.05) is 13.0 Å². The Bertz CT molecular complexity index is 649. The number of hydrogen-bond acceptors (Lipinski definition) is 7. The molecule has 3 atom stereocenters.